The molecule has 1 aromatic heterocycles. The SMILES string of the molecule is COc1ccc(C(OCC2OC(n3cc(C)c(NC(=O)c4ccccc4)nc3=O)CC2OP(OCCC#N)N(C(C)C)C(C)C)(c2ccccc2)c2ccc(OC)cc2)cc1. The quantitative estimate of drug-likeness (QED) is 0.0484. The van der Waals surface area contributed by atoms with Gasteiger partial charge in [-0.15, -0.1) is 0 Å². The smallest absolute Gasteiger partial charge is 0.351 e. The van der Waals surface area contributed by atoms with Gasteiger partial charge >= 0.3 is 5.69 Å². The summed E-state index contributed by atoms with van der Waals surface area (Å²) in [5, 5.41) is 12.2. The minimum absolute atomic E-state index is 0.0191. The lowest BCUT2D eigenvalue weighted by molar-refractivity contribution is -0.0925. The Labute approximate surface area is 359 Å². The summed E-state index contributed by atoms with van der Waals surface area (Å²) < 4.78 is 42.1. The first kappa shape index (κ1) is 45.1. The molecule has 5 aromatic rings. The summed E-state index contributed by atoms with van der Waals surface area (Å²) in [7, 11) is 1.55. The summed E-state index contributed by atoms with van der Waals surface area (Å²) >= 11 is 0. The van der Waals surface area contributed by atoms with E-state index < -0.39 is 38.3 Å². The Bertz CT molecular complexity index is 2230. The van der Waals surface area contributed by atoms with E-state index in [2.05, 4.69) is 48.7 Å². The molecule has 4 unspecified atom stereocenters. The number of methoxy groups -OCH3 is 2. The number of aryl methyl sites for hydroxylation is 1. The first-order valence-electron chi connectivity index (χ1n) is 20.3. The molecule has 2 heterocycles. The van der Waals surface area contributed by atoms with Gasteiger partial charge in [0.2, 0.25) is 0 Å². The van der Waals surface area contributed by atoms with Crippen LogP contribution < -0.4 is 20.5 Å². The highest BCUT2D eigenvalue weighted by atomic mass is 31.2. The third-order valence-corrected chi connectivity index (χ3v) is 12.6. The average molecular weight is 848 g/mol. The van der Waals surface area contributed by atoms with Crippen LogP contribution in [-0.2, 0) is 24.1 Å². The second kappa shape index (κ2) is 20.9. The zero-order valence-electron chi connectivity index (χ0n) is 35.7. The van der Waals surface area contributed by atoms with Crippen LogP contribution in [0.25, 0.3) is 0 Å². The highest BCUT2D eigenvalue weighted by molar-refractivity contribution is 7.44. The summed E-state index contributed by atoms with van der Waals surface area (Å²) in [6.07, 6.45) is -0.0854. The first-order valence-corrected chi connectivity index (χ1v) is 21.5. The van der Waals surface area contributed by atoms with Crippen molar-refractivity contribution in [1.82, 2.24) is 14.2 Å². The molecule has 14 heteroatoms. The molecule has 0 spiro atoms. The van der Waals surface area contributed by atoms with Gasteiger partial charge in [0.25, 0.3) is 14.4 Å². The van der Waals surface area contributed by atoms with Gasteiger partial charge in [-0.2, -0.15) is 10.2 Å². The van der Waals surface area contributed by atoms with Gasteiger partial charge in [0.05, 0.1) is 46.0 Å². The van der Waals surface area contributed by atoms with Crippen molar-refractivity contribution < 1.29 is 32.8 Å². The fourth-order valence-corrected chi connectivity index (χ4v) is 9.25. The second-order valence-corrected chi connectivity index (χ2v) is 16.6. The normalized spacial score (nSPS) is 17.0. The number of hydrogen-bond donors (Lipinski definition) is 1. The van der Waals surface area contributed by atoms with E-state index in [0.29, 0.717) is 22.6 Å². The molecule has 1 saturated heterocycles. The van der Waals surface area contributed by atoms with Crippen LogP contribution in [0.15, 0.2) is 120 Å². The molecule has 0 aliphatic carbocycles. The lowest BCUT2D eigenvalue weighted by atomic mass is 9.80. The van der Waals surface area contributed by atoms with Crippen molar-refractivity contribution in [2.45, 2.75) is 83.6 Å². The Morgan fingerprint density at radius 3 is 2.00 bits per heavy atom. The molecule has 0 saturated carbocycles. The molecule has 4 atom stereocenters. The van der Waals surface area contributed by atoms with Gasteiger partial charge < -0.3 is 33.3 Å². The number of anilines is 1. The van der Waals surface area contributed by atoms with Gasteiger partial charge in [0, 0.05) is 35.8 Å². The molecule has 61 heavy (non-hydrogen) atoms. The Kier molecular flexibility index (Phi) is 15.4. The highest BCUT2D eigenvalue weighted by Gasteiger charge is 2.45. The van der Waals surface area contributed by atoms with Gasteiger partial charge in [-0.1, -0.05) is 72.8 Å². The van der Waals surface area contributed by atoms with Gasteiger partial charge in [-0.3, -0.25) is 9.36 Å². The molecule has 1 amide bonds. The number of carbonyl (C=O) groups is 1. The second-order valence-electron chi connectivity index (χ2n) is 15.2. The number of carbonyl (C=O) groups excluding carboxylic acids is 1. The fraction of sp³-hybridized carbons (Fsp3) is 0.362. The Morgan fingerprint density at radius 2 is 1.46 bits per heavy atom. The maximum absolute atomic E-state index is 13.8. The Balaban J connectivity index is 1.41. The van der Waals surface area contributed by atoms with Crippen LogP contribution >= 0.6 is 8.53 Å². The van der Waals surface area contributed by atoms with E-state index in [1.165, 1.54) is 4.57 Å². The summed E-state index contributed by atoms with van der Waals surface area (Å²) in [6, 6.07) is 36.5. The number of rotatable bonds is 19. The number of nitriles is 1. The number of aromatic nitrogens is 2. The van der Waals surface area contributed by atoms with E-state index in [4.69, 9.17) is 28.0 Å². The van der Waals surface area contributed by atoms with Crippen molar-refractivity contribution >= 4 is 20.3 Å². The molecular formula is C47H54N5O8P. The minimum atomic E-state index is -1.70. The van der Waals surface area contributed by atoms with Crippen LogP contribution in [-0.4, -0.2) is 71.9 Å². The van der Waals surface area contributed by atoms with Crippen LogP contribution in [0.5, 0.6) is 11.5 Å². The molecule has 1 aliphatic rings. The van der Waals surface area contributed by atoms with Gasteiger partial charge in [-0.05, 0) is 87.7 Å². The number of amides is 1. The number of nitrogens with zero attached hydrogens (tertiary/aromatic N) is 4. The largest absolute Gasteiger partial charge is 0.497 e. The third kappa shape index (κ3) is 10.5. The number of ether oxygens (including phenoxy) is 4. The van der Waals surface area contributed by atoms with Crippen molar-refractivity contribution in [1.29, 1.82) is 5.26 Å². The average Bonchev–Trinajstić information content (AvgIpc) is 3.67. The fourth-order valence-electron chi connectivity index (χ4n) is 7.49. The Morgan fingerprint density at radius 1 is 0.902 bits per heavy atom. The molecule has 13 nitrogen and oxygen atoms in total. The lowest BCUT2D eigenvalue weighted by Gasteiger charge is -2.39. The zero-order chi connectivity index (χ0) is 43.5. The summed E-state index contributed by atoms with van der Waals surface area (Å²) in [4.78, 5) is 31.2. The molecule has 0 radical (unpaired) electrons. The van der Waals surface area contributed by atoms with Crippen molar-refractivity contribution in [3.63, 3.8) is 0 Å². The molecule has 1 N–H and O–H groups in total. The van der Waals surface area contributed by atoms with Crippen LogP contribution in [0.2, 0.25) is 0 Å². The number of benzene rings is 4. The van der Waals surface area contributed by atoms with Gasteiger partial charge in [0.1, 0.15) is 35.2 Å². The number of nitrogens with one attached hydrogen (secondary N) is 1. The van der Waals surface area contributed by atoms with E-state index in [1.54, 1.807) is 51.6 Å². The third-order valence-electron chi connectivity index (χ3n) is 10.4. The zero-order valence-corrected chi connectivity index (χ0v) is 36.6. The molecule has 0 bridgehead atoms. The van der Waals surface area contributed by atoms with Gasteiger partial charge in [-0.25, -0.2) is 9.46 Å². The van der Waals surface area contributed by atoms with Crippen molar-refractivity contribution in [3.8, 4) is 17.6 Å². The predicted molar refractivity (Wildman–Crippen MR) is 235 cm³/mol. The van der Waals surface area contributed by atoms with Crippen LogP contribution in [0, 0.1) is 18.3 Å². The predicted octanol–water partition coefficient (Wildman–Crippen LogP) is 8.78. The topological polar surface area (TPSA) is 146 Å². The van der Waals surface area contributed by atoms with Crippen LogP contribution in [0.4, 0.5) is 5.82 Å². The van der Waals surface area contributed by atoms with Gasteiger partial charge in [0.15, 0.2) is 0 Å². The first-order chi connectivity index (χ1) is 29.5. The molecule has 1 aliphatic heterocycles. The van der Waals surface area contributed by atoms with Crippen molar-refractivity contribution in [2.75, 3.05) is 32.8 Å². The van der Waals surface area contributed by atoms with Crippen molar-refractivity contribution in [3.05, 3.63) is 154 Å². The molecule has 1 fully saturated rings. The summed E-state index contributed by atoms with van der Waals surface area (Å²) in [5.74, 6) is 1.17. The maximum atomic E-state index is 13.8. The van der Waals surface area contributed by atoms with E-state index >= 15 is 0 Å². The highest BCUT2D eigenvalue weighted by Crippen LogP contribution is 2.50. The minimum Gasteiger partial charge on any atom is -0.497 e. The molecule has 4 aromatic carbocycles. The summed E-state index contributed by atoms with van der Waals surface area (Å²) in [6.45, 7) is 10.3. The van der Waals surface area contributed by atoms with Crippen LogP contribution in [0.1, 0.15) is 79.4 Å². The number of hydrogen-bond acceptors (Lipinski definition) is 11. The van der Waals surface area contributed by atoms with Crippen LogP contribution in [0.3, 0.4) is 0 Å². The van der Waals surface area contributed by atoms with E-state index in [1.807, 2.05) is 84.9 Å². The lowest BCUT2D eigenvalue weighted by Crippen LogP contribution is -2.39. The molecule has 6 rings (SSSR count). The summed E-state index contributed by atoms with van der Waals surface area (Å²) in [5.41, 5.74) is 1.80. The van der Waals surface area contributed by atoms with Crippen molar-refractivity contribution in [2.24, 2.45) is 0 Å². The molecular weight excluding hydrogens is 794 g/mol. The van der Waals surface area contributed by atoms with E-state index in [0.717, 1.165) is 16.7 Å². The van der Waals surface area contributed by atoms with E-state index in [9.17, 15) is 14.9 Å². The molecule has 320 valence electrons. The van der Waals surface area contributed by atoms with E-state index in [-0.39, 0.29) is 49.9 Å². The monoisotopic (exact) mass is 847 g/mol. The standard InChI is InChI=1S/C47H54N5O8P/c1-32(2)52(33(3)4)61(58-28-14-27-48)60-41-29-43(51-30-34(5)44(50-46(51)54)49-45(53)35-15-10-8-11-16-35)59-42(41)31-57-47(36-17-12-9-13-18-36,37-19-23-39(55-6)24-20-37)38-21-25-40(56-7)26-22-38/h8-13,15-26,30,32-33,41-43H,14,28-29,31H2,1-7H3,(H,49,50,53,54). The Hall–Kier alpha value is -5.45. The maximum Gasteiger partial charge on any atom is 0.351 e.